The number of hydrogen-bond acceptors (Lipinski definition) is 1. The first-order valence-electron chi connectivity index (χ1n) is 4.05. The molecule has 0 saturated carbocycles. The molecule has 0 aromatic heterocycles. The van der Waals surface area contributed by atoms with E-state index in [2.05, 4.69) is 0 Å². The maximum atomic E-state index is 13.2. The second-order valence-corrected chi connectivity index (χ2v) is 3.82. The van der Waals surface area contributed by atoms with Gasteiger partial charge < -0.3 is 0 Å². The van der Waals surface area contributed by atoms with Crippen LogP contribution in [0.1, 0.15) is 17.5 Å². The molecule has 0 aliphatic heterocycles. The summed E-state index contributed by atoms with van der Waals surface area (Å²) in [6.45, 7) is 0. The molecule has 0 bridgehead atoms. The molecule has 2 rings (SSSR count). The number of nitrogens with zero attached hydrogens (tertiary/aromatic N) is 1. The van der Waals surface area contributed by atoms with Crippen LogP contribution in [-0.2, 0) is 11.3 Å². The number of rotatable bonds is 0. The van der Waals surface area contributed by atoms with Crippen molar-refractivity contribution in [1.82, 2.24) is 0 Å². The van der Waals surface area contributed by atoms with Crippen molar-refractivity contribution in [2.24, 2.45) is 0 Å². The molecule has 1 nitrogen and oxygen atoms in total. The van der Waals surface area contributed by atoms with Gasteiger partial charge in [-0.05, 0) is 30.0 Å². The van der Waals surface area contributed by atoms with Gasteiger partial charge in [0.2, 0.25) is 0 Å². The Balaban J connectivity index is 2.63. The van der Waals surface area contributed by atoms with E-state index in [1.807, 2.05) is 6.07 Å². The van der Waals surface area contributed by atoms with Crippen LogP contribution in [0.2, 0.25) is 0 Å². The molecule has 3 heteroatoms. The molecular formula is C10H7ClFN. The molecule has 13 heavy (non-hydrogen) atoms. The largest absolute Gasteiger partial charge is 0.207 e. The third-order valence-electron chi connectivity index (χ3n) is 2.44. The third-order valence-corrected chi connectivity index (χ3v) is 2.92. The lowest BCUT2D eigenvalue weighted by atomic mass is 10.0. The summed E-state index contributed by atoms with van der Waals surface area (Å²) in [7, 11) is 0. The lowest BCUT2D eigenvalue weighted by molar-refractivity contribution is 0.612. The maximum Gasteiger partial charge on any atom is 0.156 e. The van der Waals surface area contributed by atoms with Crippen LogP contribution in [0, 0.1) is 17.1 Å². The Labute approximate surface area is 80.7 Å². The summed E-state index contributed by atoms with van der Waals surface area (Å²) in [5, 5.41) is 8.86. The minimum Gasteiger partial charge on any atom is -0.207 e. The van der Waals surface area contributed by atoms with Gasteiger partial charge in [-0.1, -0.05) is 23.7 Å². The van der Waals surface area contributed by atoms with Gasteiger partial charge in [-0.3, -0.25) is 0 Å². The van der Waals surface area contributed by atoms with Gasteiger partial charge in [0.1, 0.15) is 5.82 Å². The fraction of sp³-hybridized carbons (Fsp3) is 0.300. The van der Waals surface area contributed by atoms with Gasteiger partial charge >= 0.3 is 0 Å². The molecule has 1 atom stereocenters. The summed E-state index contributed by atoms with van der Waals surface area (Å²) in [4.78, 5) is -1.00. The number of alkyl halides is 1. The molecule has 0 fully saturated rings. The Bertz CT molecular complexity index is 396. The fourth-order valence-corrected chi connectivity index (χ4v) is 2.00. The van der Waals surface area contributed by atoms with Crippen LogP contribution in [0.5, 0.6) is 0 Å². The standard InChI is InChI=1S/C10H7ClFN/c11-10(6-13)5-4-7-8(10)2-1-3-9(7)12/h1-3H,4-5H2. The number of fused-ring (bicyclic) bond motifs is 1. The summed E-state index contributed by atoms with van der Waals surface area (Å²) in [5.74, 6) is -0.254. The minimum atomic E-state index is -1.00. The first kappa shape index (κ1) is 8.52. The lowest BCUT2D eigenvalue weighted by Gasteiger charge is -2.11. The van der Waals surface area contributed by atoms with Gasteiger partial charge in [0, 0.05) is 0 Å². The summed E-state index contributed by atoms with van der Waals surface area (Å²) >= 11 is 6.03. The van der Waals surface area contributed by atoms with Crippen LogP contribution in [0.15, 0.2) is 18.2 Å². The number of halogens is 2. The molecule has 66 valence electrons. The predicted octanol–water partition coefficient (Wildman–Crippen LogP) is 2.73. The van der Waals surface area contributed by atoms with Crippen LogP contribution < -0.4 is 0 Å². The summed E-state index contributed by atoms with van der Waals surface area (Å²) in [6, 6.07) is 6.74. The van der Waals surface area contributed by atoms with Crippen LogP contribution in [0.4, 0.5) is 4.39 Å². The molecule has 0 N–H and O–H groups in total. The van der Waals surface area contributed by atoms with Gasteiger partial charge in [0.15, 0.2) is 4.87 Å². The topological polar surface area (TPSA) is 23.8 Å². The average Bonchev–Trinajstić information content (AvgIpc) is 2.47. The Morgan fingerprint density at radius 1 is 1.54 bits per heavy atom. The molecule has 0 radical (unpaired) electrons. The third kappa shape index (κ3) is 1.12. The van der Waals surface area contributed by atoms with Gasteiger partial charge in [-0.2, -0.15) is 5.26 Å². The second kappa shape index (κ2) is 2.71. The zero-order valence-electron chi connectivity index (χ0n) is 6.85. The van der Waals surface area contributed by atoms with Crippen LogP contribution in [0.3, 0.4) is 0 Å². The summed E-state index contributed by atoms with van der Waals surface area (Å²) in [6.07, 6.45) is 1.06. The average molecular weight is 196 g/mol. The molecule has 1 aliphatic carbocycles. The lowest BCUT2D eigenvalue weighted by Crippen LogP contribution is -2.10. The highest BCUT2D eigenvalue weighted by atomic mass is 35.5. The van der Waals surface area contributed by atoms with Crippen molar-refractivity contribution in [3.8, 4) is 6.07 Å². The van der Waals surface area contributed by atoms with Gasteiger partial charge in [0.25, 0.3) is 0 Å². The highest BCUT2D eigenvalue weighted by Crippen LogP contribution is 2.42. The Hall–Kier alpha value is -1.07. The van der Waals surface area contributed by atoms with Crippen molar-refractivity contribution in [3.63, 3.8) is 0 Å². The predicted molar refractivity (Wildman–Crippen MR) is 47.9 cm³/mol. The van der Waals surface area contributed by atoms with Gasteiger partial charge in [0.05, 0.1) is 6.07 Å². The van der Waals surface area contributed by atoms with E-state index in [9.17, 15) is 4.39 Å². The van der Waals surface area contributed by atoms with Gasteiger partial charge in [-0.25, -0.2) is 4.39 Å². The van der Waals surface area contributed by atoms with Crippen molar-refractivity contribution < 1.29 is 4.39 Å². The SMILES string of the molecule is N#CC1(Cl)CCc2c(F)cccc21. The monoisotopic (exact) mass is 195 g/mol. The van der Waals surface area contributed by atoms with Crippen LogP contribution in [-0.4, -0.2) is 0 Å². The van der Waals surface area contributed by atoms with E-state index in [-0.39, 0.29) is 5.82 Å². The van der Waals surface area contributed by atoms with Crippen molar-refractivity contribution in [3.05, 3.63) is 35.1 Å². The van der Waals surface area contributed by atoms with E-state index in [1.54, 1.807) is 12.1 Å². The first-order valence-corrected chi connectivity index (χ1v) is 4.43. The van der Waals surface area contributed by atoms with Gasteiger partial charge in [-0.15, -0.1) is 0 Å². The molecule has 1 unspecified atom stereocenters. The smallest absolute Gasteiger partial charge is 0.156 e. The van der Waals surface area contributed by atoms with Crippen LogP contribution >= 0.6 is 11.6 Å². The Morgan fingerprint density at radius 2 is 2.31 bits per heavy atom. The fourth-order valence-electron chi connectivity index (χ4n) is 1.73. The Kier molecular flexibility index (Phi) is 1.78. The molecule has 0 saturated heterocycles. The first-order chi connectivity index (χ1) is 6.17. The van der Waals surface area contributed by atoms with E-state index in [0.717, 1.165) is 0 Å². The van der Waals surface area contributed by atoms with Crippen molar-refractivity contribution in [2.45, 2.75) is 17.7 Å². The minimum absolute atomic E-state index is 0.254. The quantitative estimate of drug-likeness (QED) is 0.584. The molecule has 1 aromatic carbocycles. The second-order valence-electron chi connectivity index (χ2n) is 3.18. The summed E-state index contributed by atoms with van der Waals surface area (Å²) < 4.78 is 13.2. The maximum absolute atomic E-state index is 13.2. The number of benzene rings is 1. The van der Waals surface area contributed by atoms with E-state index in [0.29, 0.717) is 24.0 Å². The van der Waals surface area contributed by atoms with Crippen molar-refractivity contribution in [1.29, 1.82) is 5.26 Å². The van der Waals surface area contributed by atoms with E-state index >= 15 is 0 Å². The van der Waals surface area contributed by atoms with Crippen molar-refractivity contribution >= 4 is 11.6 Å². The number of nitriles is 1. The van der Waals surface area contributed by atoms with E-state index < -0.39 is 4.87 Å². The molecule has 1 aliphatic rings. The van der Waals surface area contributed by atoms with Crippen molar-refractivity contribution in [2.75, 3.05) is 0 Å². The molecule has 0 amide bonds. The van der Waals surface area contributed by atoms with Crippen LogP contribution in [0.25, 0.3) is 0 Å². The zero-order valence-corrected chi connectivity index (χ0v) is 7.61. The highest BCUT2D eigenvalue weighted by molar-refractivity contribution is 6.26. The number of hydrogen-bond donors (Lipinski definition) is 0. The highest BCUT2D eigenvalue weighted by Gasteiger charge is 2.38. The van der Waals surface area contributed by atoms with E-state index in [4.69, 9.17) is 16.9 Å². The van der Waals surface area contributed by atoms with E-state index in [1.165, 1.54) is 6.07 Å². The molecular weight excluding hydrogens is 189 g/mol. The molecule has 1 aromatic rings. The molecule has 0 heterocycles. The zero-order chi connectivity index (χ0) is 9.47. The summed E-state index contributed by atoms with van der Waals surface area (Å²) in [5.41, 5.74) is 1.23. The Morgan fingerprint density at radius 3 is 3.00 bits per heavy atom. The normalized spacial score (nSPS) is 25.3. The molecule has 0 spiro atoms.